The Hall–Kier alpha value is -3.84. The van der Waals surface area contributed by atoms with Gasteiger partial charge in [-0.1, -0.05) is 63.1 Å². The molecule has 1 saturated heterocycles. The molecule has 7 nitrogen and oxygen atoms in total. The molecule has 224 valence electrons. The average molecular weight is 591 g/mol. The van der Waals surface area contributed by atoms with E-state index in [0.717, 1.165) is 43.0 Å². The number of halogens is 1. The standard InChI is InChI=1S/C29H31ClN4O3.C5H12/c1-3-25(30)24-9-8-22(18-20(24)2)28(35)32-26-6-4-5-7-27(26)33-29(36)37-19-21-12-16-34(17-13-21)23-10-14-31-15-11-23;1-4-5(2)3/h3-11,14-15,18,21H,12-13,16-17,19H2,1-2H3,(H,32,35)(H,33,36);5H,4H2,1-3H3/b25-3+;. The number of pyridine rings is 1. The van der Waals surface area contributed by atoms with Crippen molar-refractivity contribution in [1.29, 1.82) is 0 Å². The molecule has 0 aliphatic carbocycles. The molecule has 2 aromatic carbocycles. The van der Waals surface area contributed by atoms with Crippen molar-refractivity contribution in [2.75, 3.05) is 35.2 Å². The van der Waals surface area contributed by atoms with Crippen LogP contribution in [0.4, 0.5) is 21.9 Å². The summed E-state index contributed by atoms with van der Waals surface area (Å²) in [6, 6.07) is 16.4. The summed E-state index contributed by atoms with van der Waals surface area (Å²) in [6.07, 6.45) is 8.06. The van der Waals surface area contributed by atoms with E-state index in [1.54, 1.807) is 48.8 Å². The molecule has 0 radical (unpaired) electrons. The van der Waals surface area contributed by atoms with Crippen molar-refractivity contribution in [1.82, 2.24) is 4.98 Å². The van der Waals surface area contributed by atoms with E-state index in [0.29, 0.717) is 34.5 Å². The quantitative estimate of drug-likeness (QED) is 0.274. The molecular formula is C34H43ClN4O3. The Balaban J connectivity index is 0.000000892. The van der Waals surface area contributed by atoms with Gasteiger partial charge in [-0.2, -0.15) is 0 Å². The van der Waals surface area contributed by atoms with Crippen LogP contribution in [0.5, 0.6) is 0 Å². The van der Waals surface area contributed by atoms with Crippen LogP contribution in [-0.2, 0) is 4.74 Å². The first-order valence-electron chi connectivity index (χ1n) is 14.6. The summed E-state index contributed by atoms with van der Waals surface area (Å²) >= 11 is 6.24. The van der Waals surface area contributed by atoms with Crippen molar-refractivity contribution >= 4 is 45.7 Å². The van der Waals surface area contributed by atoms with E-state index < -0.39 is 6.09 Å². The molecule has 0 saturated carbocycles. The van der Waals surface area contributed by atoms with Gasteiger partial charge in [0.1, 0.15) is 0 Å². The van der Waals surface area contributed by atoms with Crippen molar-refractivity contribution in [3.63, 3.8) is 0 Å². The molecule has 2 amide bonds. The van der Waals surface area contributed by atoms with Crippen LogP contribution < -0.4 is 15.5 Å². The highest BCUT2D eigenvalue weighted by Gasteiger charge is 2.21. The summed E-state index contributed by atoms with van der Waals surface area (Å²) in [5.41, 5.74) is 4.41. The largest absolute Gasteiger partial charge is 0.449 e. The van der Waals surface area contributed by atoms with Crippen LogP contribution in [0.2, 0.25) is 0 Å². The first kappa shape index (κ1) is 32.7. The molecule has 0 bridgehead atoms. The maximum atomic E-state index is 12.9. The number of hydrogen-bond donors (Lipinski definition) is 2. The third-order valence-electron chi connectivity index (χ3n) is 7.32. The van der Waals surface area contributed by atoms with Crippen LogP contribution in [0.15, 0.2) is 73.1 Å². The maximum absolute atomic E-state index is 12.9. The van der Waals surface area contributed by atoms with E-state index in [2.05, 4.69) is 41.3 Å². The van der Waals surface area contributed by atoms with Gasteiger partial charge in [-0.05, 0) is 86.1 Å². The molecule has 0 unspecified atom stereocenters. The zero-order chi connectivity index (χ0) is 30.5. The van der Waals surface area contributed by atoms with Gasteiger partial charge in [-0.25, -0.2) is 4.79 Å². The molecular weight excluding hydrogens is 548 g/mol. The number of allylic oxidation sites excluding steroid dienone is 1. The van der Waals surface area contributed by atoms with Gasteiger partial charge < -0.3 is 15.0 Å². The molecule has 3 aromatic rings. The van der Waals surface area contributed by atoms with Gasteiger partial charge in [0.05, 0.1) is 18.0 Å². The topological polar surface area (TPSA) is 83.6 Å². The molecule has 2 heterocycles. The second-order valence-corrected chi connectivity index (χ2v) is 11.2. The van der Waals surface area contributed by atoms with Crippen LogP contribution in [0.1, 0.15) is 68.4 Å². The minimum absolute atomic E-state index is 0.283. The summed E-state index contributed by atoms with van der Waals surface area (Å²) < 4.78 is 5.52. The Morgan fingerprint density at radius 3 is 2.24 bits per heavy atom. The summed E-state index contributed by atoms with van der Waals surface area (Å²) in [7, 11) is 0. The molecule has 1 aromatic heterocycles. The van der Waals surface area contributed by atoms with Crippen LogP contribution in [-0.4, -0.2) is 36.7 Å². The first-order chi connectivity index (χ1) is 20.2. The number of hydrogen-bond acceptors (Lipinski definition) is 5. The number of carbonyl (C=O) groups is 2. The molecule has 0 atom stereocenters. The highest BCUT2D eigenvalue weighted by Crippen LogP contribution is 2.26. The predicted molar refractivity (Wildman–Crippen MR) is 174 cm³/mol. The van der Waals surface area contributed by atoms with Crippen molar-refractivity contribution in [3.8, 4) is 0 Å². The lowest BCUT2D eigenvalue weighted by atomic mass is 9.97. The number of amides is 2. The Kier molecular flexibility index (Phi) is 12.9. The molecule has 1 aliphatic rings. The van der Waals surface area contributed by atoms with Crippen LogP contribution in [0, 0.1) is 18.8 Å². The fraction of sp³-hybridized carbons (Fsp3) is 0.382. The second-order valence-electron chi connectivity index (χ2n) is 10.8. The number of para-hydroxylation sites is 2. The monoisotopic (exact) mass is 590 g/mol. The minimum Gasteiger partial charge on any atom is -0.449 e. The fourth-order valence-corrected chi connectivity index (χ4v) is 4.59. The van der Waals surface area contributed by atoms with Gasteiger partial charge in [-0.3, -0.25) is 15.1 Å². The van der Waals surface area contributed by atoms with Gasteiger partial charge in [0, 0.05) is 41.8 Å². The summed E-state index contributed by atoms with van der Waals surface area (Å²) in [5.74, 6) is 0.908. The Bertz CT molecular complexity index is 1340. The number of nitrogens with one attached hydrogen (secondary N) is 2. The van der Waals surface area contributed by atoms with Crippen molar-refractivity contribution < 1.29 is 14.3 Å². The lowest BCUT2D eigenvalue weighted by Gasteiger charge is -2.33. The third kappa shape index (κ3) is 9.91. The lowest BCUT2D eigenvalue weighted by Crippen LogP contribution is -2.35. The SMILES string of the molecule is C/C=C(/Cl)c1ccc(C(=O)Nc2ccccc2NC(=O)OCC2CCN(c3ccncc3)CC2)cc1C.CCC(C)C. The van der Waals surface area contributed by atoms with Crippen LogP contribution in [0.3, 0.4) is 0 Å². The first-order valence-corrected chi connectivity index (χ1v) is 15.0. The third-order valence-corrected chi connectivity index (χ3v) is 7.74. The highest BCUT2D eigenvalue weighted by atomic mass is 35.5. The second kappa shape index (κ2) is 16.6. The van der Waals surface area contributed by atoms with E-state index >= 15 is 0 Å². The number of nitrogens with zero attached hydrogens (tertiary/aromatic N) is 2. The average Bonchev–Trinajstić information content (AvgIpc) is 3.01. The zero-order valence-electron chi connectivity index (χ0n) is 25.3. The smallest absolute Gasteiger partial charge is 0.411 e. The number of anilines is 3. The van der Waals surface area contributed by atoms with Crippen molar-refractivity contribution in [2.24, 2.45) is 11.8 Å². The predicted octanol–water partition coefficient (Wildman–Crippen LogP) is 8.76. The Morgan fingerprint density at radius 2 is 1.67 bits per heavy atom. The number of piperidine rings is 1. The van der Waals surface area contributed by atoms with E-state index in [1.807, 2.05) is 38.1 Å². The van der Waals surface area contributed by atoms with Crippen molar-refractivity contribution in [2.45, 2.75) is 53.9 Å². The minimum atomic E-state index is -0.542. The van der Waals surface area contributed by atoms with Gasteiger partial charge >= 0.3 is 6.09 Å². The Labute approximate surface area is 255 Å². The summed E-state index contributed by atoms with van der Waals surface area (Å²) in [6.45, 7) is 12.6. The zero-order valence-corrected chi connectivity index (χ0v) is 26.1. The summed E-state index contributed by atoms with van der Waals surface area (Å²) in [5, 5.41) is 6.28. The molecule has 42 heavy (non-hydrogen) atoms. The fourth-order valence-electron chi connectivity index (χ4n) is 4.38. The highest BCUT2D eigenvalue weighted by molar-refractivity contribution is 6.48. The van der Waals surface area contributed by atoms with Gasteiger partial charge in [0.15, 0.2) is 0 Å². The molecule has 1 fully saturated rings. The molecule has 4 rings (SSSR count). The van der Waals surface area contributed by atoms with E-state index in [9.17, 15) is 9.59 Å². The van der Waals surface area contributed by atoms with E-state index in [-0.39, 0.29) is 5.91 Å². The van der Waals surface area contributed by atoms with E-state index in [1.165, 1.54) is 12.1 Å². The number of ether oxygens (including phenoxy) is 1. The number of aromatic nitrogens is 1. The summed E-state index contributed by atoms with van der Waals surface area (Å²) in [4.78, 5) is 31.8. The van der Waals surface area contributed by atoms with E-state index in [4.69, 9.17) is 16.3 Å². The molecule has 8 heteroatoms. The van der Waals surface area contributed by atoms with Gasteiger partial charge in [-0.15, -0.1) is 0 Å². The molecule has 1 aliphatic heterocycles. The van der Waals surface area contributed by atoms with Crippen LogP contribution in [0.25, 0.3) is 5.03 Å². The normalized spacial score (nSPS) is 13.7. The Morgan fingerprint density at radius 1 is 1.05 bits per heavy atom. The lowest BCUT2D eigenvalue weighted by molar-refractivity contribution is 0.102. The number of aryl methyl sites for hydroxylation is 1. The number of benzene rings is 2. The van der Waals surface area contributed by atoms with Gasteiger partial charge in [0.2, 0.25) is 0 Å². The number of rotatable bonds is 8. The molecule has 2 N–H and O–H groups in total. The van der Waals surface area contributed by atoms with Crippen LogP contribution >= 0.6 is 11.6 Å². The van der Waals surface area contributed by atoms with Crippen molar-refractivity contribution in [3.05, 3.63) is 89.8 Å². The number of carbonyl (C=O) groups excluding carboxylic acids is 2. The van der Waals surface area contributed by atoms with Gasteiger partial charge in [0.25, 0.3) is 5.91 Å². The molecule has 0 spiro atoms. The maximum Gasteiger partial charge on any atom is 0.411 e.